The molecular weight excluding hydrogens is 308 g/mol. The molecule has 0 fully saturated rings. The topological polar surface area (TPSA) is 54.6 Å². The summed E-state index contributed by atoms with van der Waals surface area (Å²) < 4.78 is 6.10. The van der Waals surface area contributed by atoms with Crippen LogP contribution in [0.3, 0.4) is 0 Å². The molecule has 0 atom stereocenters. The van der Waals surface area contributed by atoms with E-state index in [1.165, 1.54) is 0 Å². The monoisotopic (exact) mass is 320 g/mol. The molecule has 1 amide bonds. The quantitative estimate of drug-likeness (QED) is 0.696. The van der Waals surface area contributed by atoms with Gasteiger partial charge in [0.15, 0.2) is 0 Å². The number of furan rings is 1. The number of amides is 1. The van der Waals surface area contributed by atoms with Crippen molar-refractivity contribution in [2.45, 2.75) is 13.8 Å². The van der Waals surface area contributed by atoms with Crippen LogP contribution in [0.5, 0.6) is 0 Å². The molecular formula is C14H13BrN2O2. The number of hydrogen-bond acceptors (Lipinski definition) is 3. The zero-order chi connectivity index (χ0) is 13.8. The minimum absolute atomic E-state index is 0.262. The Labute approximate surface area is 119 Å². The first-order valence-corrected chi connectivity index (χ1v) is 6.52. The van der Waals surface area contributed by atoms with Crippen LogP contribution in [-0.2, 0) is 0 Å². The summed E-state index contributed by atoms with van der Waals surface area (Å²) in [4.78, 5) is 11.9. The number of rotatable bonds is 3. The normalized spacial score (nSPS) is 10.9. The number of hydrogen-bond donors (Lipinski definition) is 1. The SMILES string of the molecule is Cc1cc(/C=N/NC(=O)c2ccccc2Br)c(C)o1. The second-order valence-corrected chi connectivity index (χ2v) is 4.90. The van der Waals surface area contributed by atoms with Gasteiger partial charge in [0, 0.05) is 10.0 Å². The first-order valence-electron chi connectivity index (χ1n) is 5.73. The van der Waals surface area contributed by atoms with Crippen molar-refractivity contribution in [2.75, 3.05) is 0 Å². The third-order valence-electron chi connectivity index (χ3n) is 2.57. The van der Waals surface area contributed by atoms with Gasteiger partial charge in [-0.2, -0.15) is 5.10 Å². The minimum Gasteiger partial charge on any atom is -0.466 e. The van der Waals surface area contributed by atoms with Crippen LogP contribution in [0.1, 0.15) is 27.4 Å². The lowest BCUT2D eigenvalue weighted by Crippen LogP contribution is -2.18. The maximum absolute atomic E-state index is 11.9. The predicted molar refractivity (Wildman–Crippen MR) is 77.4 cm³/mol. The fourth-order valence-corrected chi connectivity index (χ4v) is 2.11. The van der Waals surface area contributed by atoms with Gasteiger partial charge in [-0.15, -0.1) is 0 Å². The molecule has 0 saturated heterocycles. The van der Waals surface area contributed by atoms with Crippen molar-refractivity contribution in [2.24, 2.45) is 5.10 Å². The molecule has 0 radical (unpaired) electrons. The van der Waals surface area contributed by atoms with E-state index in [2.05, 4.69) is 26.5 Å². The van der Waals surface area contributed by atoms with Crippen molar-refractivity contribution in [3.05, 3.63) is 57.5 Å². The van der Waals surface area contributed by atoms with E-state index in [0.717, 1.165) is 21.6 Å². The van der Waals surface area contributed by atoms with Gasteiger partial charge in [-0.25, -0.2) is 5.43 Å². The highest BCUT2D eigenvalue weighted by Crippen LogP contribution is 2.15. The summed E-state index contributed by atoms with van der Waals surface area (Å²) in [5, 5.41) is 3.93. The maximum atomic E-state index is 11.9. The van der Waals surface area contributed by atoms with Crippen molar-refractivity contribution >= 4 is 28.1 Å². The smallest absolute Gasteiger partial charge is 0.272 e. The number of nitrogens with zero attached hydrogens (tertiary/aromatic N) is 1. The second kappa shape index (κ2) is 5.84. The second-order valence-electron chi connectivity index (χ2n) is 4.05. The van der Waals surface area contributed by atoms with Gasteiger partial charge in [0.2, 0.25) is 0 Å². The number of benzene rings is 1. The number of carbonyl (C=O) groups excluding carboxylic acids is 1. The van der Waals surface area contributed by atoms with E-state index in [1.54, 1.807) is 18.3 Å². The lowest BCUT2D eigenvalue weighted by atomic mass is 10.2. The predicted octanol–water partition coefficient (Wildman–Crippen LogP) is 3.42. The summed E-state index contributed by atoms with van der Waals surface area (Å²) in [6.45, 7) is 3.72. The third-order valence-corrected chi connectivity index (χ3v) is 3.26. The van der Waals surface area contributed by atoms with Crippen LogP contribution in [-0.4, -0.2) is 12.1 Å². The van der Waals surface area contributed by atoms with E-state index in [9.17, 15) is 4.79 Å². The summed E-state index contributed by atoms with van der Waals surface area (Å²) in [7, 11) is 0. The Morgan fingerprint density at radius 3 is 2.74 bits per heavy atom. The van der Waals surface area contributed by atoms with Gasteiger partial charge < -0.3 is 4.42 Å². The summed E-state index contributed by atoms with van der Waals surface area (Å²) in [6, 6.07) is 9.04. The number of halogens is 1. The van der Waals surface area contributed by atoms with E-state index in [-0.39, 0.29) is 5.91 Å². The van der Waals surface area contributed by atoms with Crippen molar-refractivity contribution in [3.63, 3.8) is 0 Å². The lowest BCUT2D eigenvalue weighted by molar-refractivity contribution is 0.0954. The van der Waals surface area contributed by atoms with Crippen LogP contribution in [0.25, 0.3) is 0 Å². The molecule has 98 valence electrons. The number of aryl methyl sites for hydroxylation is 2. The molecule has 1 heterocycles. The van der Waals surface area contributed by atoms with E-state index >= 15 is 0 Å². The number of hydrazone groups is 1. The average molecular weight is 321 g/mol. The van der Waals surface area contributed by atoms with Crippen molar-refractivity contribution in [1.29, 1.82) is 0 Å². The molecule has 1 aromatic carbocycles. The zero-order valence-corrected chi connectivity index (χ0v) is 12.2. The number of carbonyl (C=O) groups is 1. The van der Waals surface area contributed by atoms with Crippen LogP contribution in [0, 0.1) is 13.8 Å². The molecule has 5 heteroatoms. The molecule has 0 aliphatic carbocycles. The molecule has 0 saturated carbocycles. The van der Waals surface area contributed by atoms with Crippen molar-refractivity contribution in [1.82, 2.24) is 5.43 Å². The first-order chi connectivity index (χ1) is 9.08. The molecule has 0 aliphatic heterocycles. The molecule has 0 bridgehead atoms. The Hall–Kier alpha value is -1.88. The Balaban J connectivity index is 2.05. The van der Waals surface area contributed by atoms with E-state index in [0.29, 0.717) is 5.56 Å². The van der Waals surface area contributed by atoms with Gasteiger partial charge in [-0.05, 0) is 48.0 Å². The summed E-state index contributed by atoms with van der Waals surface area (Å²) in [5.74, 6) is 1.33. The molecule has 0 unspecified atom stereocenters. The molecule has 2 aromatic rings. The van der Waals surface area contributed by atoms with E-state index in [4.69, 9.17) is 4.42 Å². The Kier molecular flexibility index (Phi) is 4.16. The molecule has 1 N–H and O–H groups in total. The van der Waals surface area contributed by atoms with E-state index in [1.807, 2.05) is 32.0 Å². The van der Waals surface area contributed by atoms with Gasteiger partial charge >= 0.3 is 0 Å². The Bertz CT molecular complexity index is 632. The fourth-order valence-electron chi connectivity index (χ4n) is 1.64. The Morgan fingerprint density at radius 2 is 2.11 bits per heavy atom. The van der Waals surface area contributed by atoms with Crippen LogP contribution in [0.15, 0.2) is 44.3 Å². The molecule has 4 nitrogen and oxygen atoms in total. The maximum Gasteiger partial charge on any atom is 0.272 e. The summed E-state index contributed by atoms with van der Waals surface area (Å²) in [5.41, 5.74) is 3.88. The van der Waals surface area contributed by atoms with Gasteiger partial charge in [0.05, 0.1) is 11.8 Å². The first kappa shape index (κ1) is 13.5. The third kappa shape index (κ3) is 3.32. The van der Waals surface area contributed by atoms with Crippen LogP contribution >= 0.6 is 15.9 Å². The fraction of sp³-hybridized carbons (Fsp3) is 0.143. The van der Waals surface area contributed by atoms with Crippen molar-refractivity contribution in [3.8, 4) is 0 Å². The van der Waals surface area contributed by atoms with Gasteiger partial charge in [0.1, 0.15) is 11.5 Å². The van der Waals surface area contributed by atoms with Crippen LogP contribution in [0.4, 0.5) is 0 Å². The summed E-state index contributed by atoms with van der Waals surface area (Å²) >= 11 is 3.32. The number of nitrogens with one attached hydrogen (secondary N) is 1. The highest BCUT2D eigenvalue weighted by molar-refractivity contribution is 9.10. The molecule has 2 rings (SSSR count). The van der Waals surface area contributed by atoms with Crippen molar-refractivity contribution < 1.29 is 9.21 Å². The van der Waals surface area contributed by atoms with Crippen LogP contribution in [0.2, 0.25) is 0 Å². The highest BCUT2D eigenvalue weighted by atomic mass is 79.9. The molecule has 0 spiro atoms. The van der Waals surface area contributed by atoms with Crippen LogP contribution < -0.4 is 5.43 Å². The van der Waals surface area contributed by atoms with Gasteiger partial charge in [0.25, 0.3) is 5.91 Å². The highest BCUT2D eigenvalue weighted by Gasteiger charge is 2.07. The minimum atomic E-state index is -0.262. The molecule has 0 aliphatic rings. The van der Waals surface area contributed by atoms with Gasteiger partial charge in [-0.3, -0.25) is 4.79 Å². The van der Waals surface area contributed by atoms with Gasteiger partial charge in [-0.1, -0.05) is 12.1 Å². The largest absolute Gasteiger partial charge is 0.466 e. The molecule has 1 aromatic heterocycles. The zero-order valence-electron chi connectivity index (χ0n) is 10.6. The summed E-state index contributed by atoms with van der Waals surface area (Å²) in [6.07, 6.45) is 1.57. The average Bonchev–Trinajstić information content (AvgIpc) is 2.68. The standard InChI is InChI=1S/C14H13BrN2O2/c1-9-7-11(10(2)19-9)8-16-17-14(18)12-5-3-4-6-13(12)15/h3-8H,1-2H3,(H,17,18)/b16-8+. The Morgan fingerprint density at radius 1 is 1.37 bits per heavy atom. The van der Waals surface area contributed by atoms with E-state index < -0.39 is 0 Å². The molecule has 19 heavy (non-hydrogen) atoms. The lowest BCUT2D eigenvalue weighted by Gasteiger charge is -2.01.